The molecule has 0 aromatic heterocycles. The Morgan fingerprint density at radius 1 is 0.846 bits per heavy atom. The fourth-order valence-corrected chi connectivity index (χ4v) is 5.08. The topological polar surface area (TPSA) is 9.23 Å². The lowest BCUT2D eigenvalue weighted by Gasteiger charge is -2.32. The van der Waals surface area contributed by atoms with Crippen LogP contribution in [0.3, 0.4) is 0 Å². The number of hydrogen-bond acceptors (Lipinski definition) is 1. The molecule has 26 heavy (non-hydrogen) atoms. The van der Waals surface area contributed by atoms with E-state index in [9.17, 15) is 0 Å². The van der Waals surface area contributed by atoms with E-state index in [1.54, 1.807) is 5.56 Å². The zero-order valence-corrected chi connectivity index (χ0v) is 17.4. The molecule has 0 bridgehead atoms. The van der Waals surface area contributed by atoms with Crippen molar-refractivity contribution >= 4 is 0 Å². The molecule has 0 saturated heterocycles. The highest BCUT2D eigenvalue weighted by atomic mass is 16.5. The molecule has 1 aromatic carbocycles. The number of rotatable bonds is 7. The molecular formula is C25H40O. The van der Waals surface area contributed by atoms with E-state index in [0.717, 1.165) is 24.4 Å². The molecular weight excluding hydrogens is 316 g/mol. The second-order valence-electron chi connectivity index (χ2n) is 9.30. The summed E-state index contributed by atoms with van der Waals surface area (Å²) in [5.41, 5.74) is 3.00. The van der Waals surface area contributed by atoms with Gasteiger partial charge in [0.2, 0.25) is 0 Å². The van der Waals surface area contributed by atoms with Crippen molar-refractivity contribution in [3.63, 3.8) is 0 Å². The minimum atomic E-state index is 0.523. The van der Waals surface area contributed by atoms with E-state index in [4.69, 9.17) is 4.74 Å². The second-order valence-corrected chi connectivity index (χ2v) is 9.30. The smallest absolute Gasteiger partial charge is 0.0575 e. The minimum absolute atomic E-state index is 0.523. The Labute approximate surface area is 161 Å². The highest BCUT2D eigenvalue weighted by Gasteiger charge is 2.25. The Morgan fingerprint density at radius 2 is 1.46 bits per heavy atom. The second kappa shape index (κ2) is 9.93. The van der Waals surface area contributed by atoms with Crippen LogP contribution in [0.1, 0.15) is 108 Å². The Hall–Kier alpha value is -0.820. The van der Waals surface area contributed by atoms with Crippen LogP contribution in [-0.2, 0) is 4.74 Å². The van der Waals surface area contributed by atoms with Crippen molar-refractivity contribution in [3.8, 4) is 0 Å². The number of hydrogen-bond donors (Lipinski definition) is 0. The van der Waals surface area contributed by atoms with Gasteiger partial charge in [0, 0.05) is 6.61 Å². The van der Waals surface area contributed by atoms with Crippen molar-refractivity contribution in [2.24, 2.45) is 11.8 Å². The van der Waals surface area contributed by atoms with Gasteiger partial charge in [0.15, 0.2) is 0 Å². The Bertz CT molecular complexity index is 501. The summed E-state index contributed by atoms with van der Waals surface area (Å²) < 4.78 is 6.35. The third kappa shape index (κ3) is 5.59. The largest absolute Gasteiger partial charge is 0.378 e. The molecule has 0 atom stereocenters. The van der Waals surface area contributed by atoms with Gasteiger partial charge in [-0.05, 0) is 73.3 Å². The molecule has 2 saturated carbocycles. The van der Waals surface area contributed by atoms with Gasteiger partial charge in [0.1, 0.15) is 0 Å². The van der Waals surface area contributed by atoms with Crippen molar-refractivity contribution in [2.45, 2.75) is 103 Å². The van der Waals surface area contributed by atoms with Crippen molar-refractivity contribution in [1.29, 1.82) is 0 Å². The molecule has 0 spiro atoms. The predicted octanol–water partition coefficient (Wildman–Crippen LogP) is 7.46. The van der Waals surface area contributed by atoms with Gasteiger partial charge in [-0.25, -0.2) is 0 Å². The standard InChI is InChI=1S/C25H40O/c1-4-5-20-6-8-21(9-7-20)18-26-25-16-14-24(15-17-25)23-12-10-22(11-13-23)19(2)3/h10-13,19-21,24-25H,4-9,14-18H2,1-3H3. The maximum atomic E-state index is 6.35. The van der Waals surface area contributed by atoms with Crippen LogP contribution in [0.2, 0.25) is 0 Å². The molecule has 0 aliphatic heterocycles. The summed E-state index contributed by atoms with van der Waals surface area (Å²) in [6.07, 6.45) is 14.1. The maximum absolute atomic E-state index is 6.35. The van der Waals surface area contributed by atoms with Crippen LogP contribution in [-0.4, -0.2) is 12.7 Å². The zero-order chi connectivity index (χ0) is 18.4. The molecule has 2 aliphatic carbocycles. The SMILES string of the molecule is CCCC1CCC(COC2CCC(c3ccc(C(C)C)cc3)CC2)CC1. The van der Waals surface area contributed by atoms with Gasteiger partial charge in [-0.1, -0.05) is 70.7 Å². The first kappa shape index (κ1) is 19.9. The summed E-state index contributed by atoms with van der Waals surface area (Å²) in [6, 6.07) is 9.40. The van der Waals surface area contributed by atoms with Crippen LogP contribution < -0.4 is 0 Å². The van der Waals surface area contributed by atoms with E-state index >= 15 is 0 Å². The normalized spacial score (nSPS) is 29.8. The van der Waals surface area contributed by atoms with Gasteiger partial charge in [0.25, 0.3) is 0 Å². The first-order chi connectivity index (χ1) is 12.7. The summed E-state index contributed by atoms with van der Waals surface area (Å²) in [6.45, 7) is 7.89. The minimum Gasteiger partial charge on any atom is -0.378 e. The van der Waals surface area contributed by atoms with Gasteiger partial charge in [0.05, 0.1) is 6.10 Å². The Morgan fingerprint density at radius 3 is 2.04 bits per heavy atom. The third-order valence-corrected chi connectivity index (χ3v) is 6.98. The van der Waals surface area contributed by atoms with Crippen molar-refractivity contribution in [2.75, 3.05) is 6.61 Å². The molecule has 146 valence electrons. The molecule has 3 rings (SSSR count). The Kier molecular flexibility index (Phi) is 7.61. The summed E-state index contributed by atoms with van der Waals surface area (Å²) >= 11 is 0. The number of benzene rings is 1. The molecule has 0 unspecified atom stereocenters. The van der Waals surface area contributed by atoms with E-state index in [0.29, 0.717) is 12.0 Å². The molecule has 2 aliphatic rings. The average molecular weight is 357 g/mol. The van der Waals surface area contributed by atoms with E-state index in [-0.39, 0.29) is 0 Å². The first-order valence-electron chi connectivity index (χ1n) is 11.4. The molecule has 2 fully saturated rings. The van der Waals surface area contributed by atoms with Crippen molar-refractivity contribution in [3.05, 3.63) is 35.4 Å². The van der Waals surface area contributed by atoms with E-state index < -0.39 is 0 Å². The summed E-state index contributed by atoms with van der Waals surface area (Å²) in [7, 11) is 0. The van der Waals surface area contributed by atoms with Crippen LogP contribution in [0.15, 0.2) is 24.3 Å². The van der Waals surface area contributed by atoms with Crippen LogP contribution in [0.5, 0.6) is 0 Å². The molecule has 1 heteroatoms. The van der Waals surface area contributed by atoms with Gasteiger partial charge >= 0.3 is 0 Å². The van der Waals surface area contributed by atoms with E-state index in [2.05, 4.69) is 45.0 Å². The van der Waals surface area contributed by atoms with Crippen LogP contribution >= 0.6 is 0 Å². The highest BCUT2D eigenvalue weighted by Crippen LogP contribution is 2.36. The Balaban J connectivity index is 1.36. The fraction of sp³-hybridized carbons (Fsp3) is 0.760. The lowest BCUT2D eigenvalue weighted by molar-refractivity contribution is -0.00479. The summed E-state index contributed by atoms with van der Waals surface area (Å²) in [5, 5.41) is 0. The average Bonchev–Trinajstić information content (AvgIpc) is 2.68. The molecule has 1 nitrogen and oxygen atoms in total. The summed E-state index contributed by atoms with van der Waals surface area (Å²) in [5.74, 6) is 3.23. The van der Waals surface area contributed by atoms with Gasteiger partial charge in [-0.15, -0.1) is 0 Å². The zero-order valence-electron chi connectivity index (χ0n) is 17.4. The fourth-order valence-electron chi connectivity index (χ4n) is 5.08. The lowest BCUT2D eigenvalue weighted by atomic mass is 9.80. The van der Waals surface area contributed by atoms with E-state index in [1.165, 1.54) is 69.8 Å². The highest BCUT2D eigenvalue weighted by molar-refractivity contribution is 5.27. The molecule has 1 aromatic rings. The van der Waals surface area contributed by atoms with E-state index in [1.807, 2.05) is 0 Å². The first-order valence-corrected chi connectivity index (χ1v) is 11.4. The third-order valence-electron chi connectivity index (χ3n) is 6.98. The quantitative estimate of drug-likeness (QED) is 0.492. The molecule has 0 amide bonds. The molecule has 0 N–H and O–H groups in total. The number of ether oxygens (including phenoxy) is 1. The molecule has 0 radical (unpaired) electrons. The van der Waals surface area contributed by atoms with Gasteiger partial charge < -0.3 is 4.74 Å². The van der Waals surface area contributed by atoms with Gasteiger partial charge in [-0.2, -0.15) is 0 Å². The van der Waals surface area contributed by atoms with Crippen molar-refractivity contribution in [1.82, 2.24) is 0 Å². The maximum Gasteiger partial charge on any atom is 0.0575 e. The molecule has 0 heterocycles. The summed E-state index contributed by atoms with van der Waals surface area (Å²) in [4.78, 5) is 0. The van der Waals surface area contributed by atoms with Crippen LogP contribution in [0.4, 0.5) is 0 Å². The van der Waals surface area contributed by atoms with Crippen LogP contribution in [0.25, 0.3) is 0 Å². The monoisotopic (exact) mass is 356 g/mol. The van der Waals surface area contributed by atoms with Crippen molar-refractivity contribution < 1.29 is 4.74 Å². The van der Waals surface area contributed by atoms with Gasteiger partial charge in [-0.3, -0.25) is 0 Å². The van der Waals surface area contributed by atoms with Crippen LogP contribution in [0, 0.1) is 11.8 Å². The predicted molar refractivity (Wildman–Crippen MR) is 112 cm³/mol. The lowest BCUT2D eigenvalue weighted by Crippen LogP contribution is -2.25.